The van der Waals surface area contributed by atoms with Crippen molar-refractivity contribution in [3.05, 3.63) is 0 Å². The van der Waals surface area contributed by atoms with Gasteiger partial charge in [-0.05, 0) is 20.1 Å². The zero-order valence-electron chi connectivity index (χ0n) is 10.6. The highest BCUT2D eigenvalue weighted by molar-refractivity contribution is 7.98. The normalized spacial score (nSPS) is 10.6. The van der Waals surface area contributed by atoms with Gasteiger partial charge in [0.25, 0.3) is 0 Å². The summed E-state index contributed by atoms with van der Waals surface area (Å²) >= 11 is 1.49. The van der Waals surface area contributed by atoms with Crippen LogP contribution in [0.15, 0.2) is 5.16 Å². The van der Waals surface area contributed by atoms with Crippen molar-refractivity contribution in [3.8, 4) is 0 Å². The molecule has 0 amide bonds. The first-order valence-electron chi connectivity index (χ1n) is 5.45. The molecule has 0 fully saturated rings. The van der Waals surface area contributed by atoms with Crippen molar-refractivity contribution in [2.24, 2.45) is 0 Å². The maximum Gasteiger partial charge on any atom is 0.228 e. The number of nitrogens with zero attached hydrogens (tertiary/aromatic N) is 3. The third kappa shape index (κ3) is 5.18. The molecule has 0 saturated heterocycles. The van der Waals surface area contributed by atoms with E-state index >= 15 is 0 Å². The summed E-state index contributed by atoms with van der Waals surface area (Å²) in [6.07, 6.45) is 1.94. The van der Waals surface area contributed by atoms with E-state index in [0.717, 1.165) is 0 Å². The van der Waals surface area contributed by atoms with Gasteiger partial charge >= 0.3 is 0 Å². The molecule has 0 aliphatic carbocycles. The van der Waals surface area contributed by atoms with Crippen LogP contribution in [0.5, 0.6) is 0 Å². The van der Waals surface area contributed by atoms with E-state index in [1.807, 2.05) is 20.1 Å². The lowest BCUT2D eigenvalue weighted by molar-refractivity contribution is 0.210. The van der Waals surface area contributed by atoms with E-state index in [1.165, 1.54) is 11.8 Å². The van der Waals surface area contributed by atoms with Crippen molar-refractivity contribution < 1.29 is 4.74 Å². The molecule has 96 valence electrons. The Bertz CT molecular complexity index is 347. The summed E-state index contributed by atoms with van der Waals surface area (Å²) in [7, 11) is 1.66. The molecule has 1 rings (SSSR count). The molecule has 2 N–H and O–H groups in total. The van der Waals surface area contributed by atoms with E-state index in [1.54, 1.807) is 7.11 Å². The van der Waals surface area contributed by atoms with Crippen LogP contribution in [0, 0.1) is 0 Å². The van der Waals surface area contributed by atoms with Crippen LogP contribution in [0.2, 0.25) is 0 Å². The van der Waals surface area contributed by atoms with Gasteiger partial charge < -0.3 is 15.4 Å². The number of aromatic nitrogens is 3. The van der Waals surface area contributed by atoms with Crippen LogP contribution in [0.4, 0.5) is 11.9 Å². The first-order chi connectivity index (χ1) is 8.15. The first kappa shape index (κ1) is 14.0. The van der Waals surface area contributed by atoms with Crippen LogP contribution in [-0.2, 0) is 4.74 Å². The Balaban J connectivity index is 2.74. The Hall–Kier alpha value is -1.08. The highest BCUT2D eigenvalue weighted by Gasteiger charge is 2.06. The Morgan fingerprint density at radius 3 is 2.53 bits per heavy atom. The number of thioether (sulfide) groups is 1. The van der Waals surface area contributed by atoms with Crippen molar-refractivity contribution in [1.29, 1.82) is 0 Å². The molecule has 7 heteroatoms. The van der Waals surface area contributed by atoms with Gasteiger partial charge in [-0.25, -0.2) is 0 Å². The van der Waals surface area contributed by atoms with E-state index in [0.29, 0.717) is 36.2 Å². The molecule has 17 heavy (non-hydrogen) atoms. The molecule has 0 atom stereocenters. The summed E-state index contributed by atoms with van der Waals surface area (Å²) in [6, 6.07) is 0.291. The molecule has 0 spiro atoms. The van der Waals surface area contributed by atoms with Crippen molar-refractivity contribution in [2.45, 2.75) is 25.0 Å². The molecule has 1 aromatic rings. The Kier molecular flexibility index (Phi) is 5.99. The molecule has 0 radical (unpaired) electrons. The fourth-order valence-electron chi connectivity index (χ4n) is 1.11. The summed E-state index contributed by atoms with van der Waals surface area (Å²) in [4.78, 5) is 12.8. The largest absolute Gasteiger partial charge is 0.383 e. The quantitative estimate of drug-likeness (QED) is 0.566. The minimum absolute atomic E-state index is 0.291. The van der Waals surface area contributed by atoms with Gasteiger partial charge in [-0.2, -0.15) is 15.0 Å². The zero-order chi connectivity index (χ0) is 12.7. The van der Waals surface area contributed by atoms with Crippen molar-refractivity contribution in [2.75, 3.05) is 37.2 Å². The minimum atomic E-state index is 0.291. The van der Waals surface area contributed by atoms with E-state index in [9.17, 15) is 0 Å². The molecule has 0 aromatic carbocycles. The predicted octanol–water partition coefficient (Wildman–Crippen LogP) is 1.47. The third-order valence-corrected chi connectivity index (χ3v) is 2.35. The van der Waals surface area contributed by atoms with Gasteiger partial charge in [0.15, 0.2) is 5.16 Å². The van der Waals surface area contributed by atoms with Crippen molar-refractivity contribution in [3.63, 3.8) is 0 Å². The Morgan fingerprint density at radius 2 is 1.94 bits per heavy atom. The van der Waals surface area contributed by atoms with Gasteiger partial charge in [-0.1, -0.05) is 11.8 Å². The van der Waals surface area contributed by atoms with E-state index in [4.69, 9.17) is 4.74 Å². The molecule has 0 aliphatic rings. The number of methoxy groups -OCH3 is 1. The standard InChI is InChI=1S/C10H19N5OS/c1-7(2)12-9-13-8(11-5-6-16-3)14-10(15-9)17-4/h7H,5-6H2,1-4H3,(H2,11,12,13,14,15). The molecule has 0 bridgehead atoms. The van der Waals surface area contributed by atoms with Crippen LogP contribution in [0.25, 0.3) is 0 Å². The van der Waals surface area contributed by atoms with Crippen LogP contribution in [-0.4, -0.2) is 47.5 Å². The average molecular weight is 257 g/mol. The lowest BCUT2D eigenvalue weighted by atomic mass is 10.4. The molecule has 0 unspecified atom stereocenters. The number of hydrogen-bond donors (Lipinski definition) is 2. The number of anilines is 2. The summed E-state index contributed by atoms with van der Waals surface area (Å²) in [6.45, 7) is 5.38. The lowest BCUT2D eigenvalue weighted by Crippen LogP contribution is -2.16. The van der Waals surface area contributed by atoms with Crippen LogP contribution in [0.1, 0.15) is 13.8 Å². The van der Waals surface area contributed by atoms with Gasteiger partial charge in [0, 0.05) is 19.7 Å². The van der Waals surface area contributed by atoms with Crippen molar-refractivity contribution in [1.82, 2.24) is 15.0 Å². The second kappa shape index (κ2) is 7.29. The molecule has 6 nitrogen and oxygen atoms in total. The van der Waals surface area contributed by atoms with E-state index in [2.05, 4.69) is 25.6 Å². The maximum absolute atomic E-state index is 4.96. The Labute approximate surface area is 106 Å². The predicted molar refractivity (Wildman–Crippen MR) is 70.7 cm³/mol. The number of ether oxygens (including phenoxy) is 1. The fourth-order valence-corrected chi connectivity index (χ4v) is 1.47. The first-order valence-corrected chi connectivity index (χ1v) is 6.67. The summed E-state index contributed by atoms with van der Waals surface area (Å²) < 4.78 is 4.96. The van der Waals surface area contributed by atoms with Crippen LogP contribution in [0.3, 0.4) is 0 Å². The van der Waals surface area contributed by atoms with Crippen molar-refractivity contribution >= 4 is 23.7 Å². The van der Waals surface area contributed by atoms with E-state index in [-0.39, 0.29) is 0 Å². The monoisotopic (exact) mass is 257 g/mol. The van der Waals surface area contributed by atoms with Crippen LogP contribution < -0.4 is 10.6 Å². The molecule has 0 aliphatic heterocycles. The van der Waals surface area contributed by atoms with Crippen LogP contribution >= 0.6 is 11.8 Å². The molecule has 0 saturated carbocycles. The van der Waals surface area contributed by atoms with Gasteiger partial charge in [-0.15, -0.1) is 0 Å². The summed E-state index contributed by atoms with van der Waals surface area (Å²) in [5.74, 6) is 1.17. The van der Waals surface area contributed by atoms with Gasteiger partial charge in [0.1, 0.15) is 0 Å². The minimum Gasteiger partial charge on any atom is -0.383 e. The number of nitrogens with one attached hydrogen (secondary N) is 2. The fraction of sp³-hybridized carbons (Fsp3) is 0.700. The summed E-state index contributed by atoms with van der Waals surface area (Å²) in [5, 5.41) is 6.95. The number of rotatable bonds is 7. The smallest absolute Gasteiger partial charge is 0.228 e. The molecule has 1 heterocycles. The highest BCUT2D eigenvalue weighted by Crippen LogP contribution is 2.13. The Morgan fingerprint density at radius 1 is 1.24 bits per heavy atom. The van der Waals surface area contributed by atoms with Gasteiger partial charge in [-0.3, -0.25) is 0 Å². The topological polar surface area (TPSA) is 72.0 Å². The third-order valence-electron chi connectivity index (χ3n) is 1.80. The molecular formula is C10H19N5OS. The second-order valence-corrected chi connectivity index (χ2v) is 4.46. The average Bonchev–Trinajstić information content (AvgIpc) is 2.28. The lowest BCUT2D eigenvalue weighted by Gasteiger charge is -2.10. The van der Waals surface area contributed by atoms with Gasteiger partial charge in [0.2, 0.25) is 11.9 Å². The number of hydrogen-bond acceptors (Lipinski definition) is 7. The highest BCUT2D eigenvalue weighted by atomic mass is 32.2. The SMILES string of the molecule is COCCNc1nc(NC(C)C)nc(SC)n1. The van der Waals surface area contributed by atoms with E-state index < -0.39 is 0 Å². The molecular weight excluding hydrogens is 238 g/mol. The zero-order valence-corrected chi connectivity index (χ0v) is 11.5. The second-order valence-electron chi connectivity index (χ2n) is 3.69. The molecule has 1 aromatic heterocycles. The summed E-state index contributed by atoms with van der Waals surface area (Å²) in [5.41, 5.74) is 0. The van der Waals surface area contributed by atoms with Gasteiger partial charge in [0.05, 0.1) is 6.61 Å². The maximum atomic E-state index is 4.96.